The molecule has 12 heavy (non-hydrogen) atoms. The molecule has 0 N–H and O–H groups in total. The summed E-state index contributed by atoms with van der Waals surface area (Å²) >= 11 is 5.61. The molecule has 0 aromatic heterocycles. The van der Waals surface area contributed by atoms with Crippen molar-refractivity contribution in [3.63, 3.8) is 0 Å². The highest BCUT2D eigenvalue weighted by Gasteiger charge is 2.16. The lowest BCUT2D eigenvalue weighted by atomic mass is 10.4. The maximum atomic E-state index is 11.1. The van der Waals surface area contributed by atoms with E-state index in [4.69, 9.17) is 11.6 Å². The SMILES string of the molecule is C=N/C(Cl)=C(/C(=O)OC)N(C)C. The number of hydrogen-bond donors (Lipinski definition) is 0. The Morgan fingerprint density at radius 1 is 1.58 bits per heavy atom. The second-order valence-electron chi connectivity index (χ2n) is 2.18. The standard InChI is InChI=1S/C7H11ClN2O2/c1-9-6(8)5(10(2)3)7(11)12-4/h1H2,2-4H3/b6-5-. The number of halogens is 1. The van der Waals surface area contributed by atoms with Crippen LogP contribution in [-0.4, -0.2) is 38.8 Å². The highest BCUT2D eigenvalue weighted by Crippen LogP contribution is 2.13. The first-order chi connectivity index (χ1) is 5.54. The predicted molar refractivity (Wildman–Crippen MR) is 48.1 cm³/mol. The van der Waals surface area contributed by atoms with E-state index >= 15 is 0 Å². The van der Waals surface area contributed by atoms with E-state index in [1.54, 1.807) is 14.1 Å². The fourth-order valence-corrected chi connectivity index (χ4v) is 0.869. The Morgan fingerprint density at radius 3 is 2.33 bits per heavy atom. The zero-order chi connectivity index (χ0) is 9.72. The third-order valence-corrected chi connectivity index (χ3v) is 1.46. The van der Waals surface area contributed by atoms with Crippen molar-refractivity contribution in [1.29, 1.82) is 0 Å². The van der Waals surface area contributed by atoms with Crippen LogP contribution in [0.3, 0.4) is 0 Å². The van der Waals surface area contributed by atoms with E-state index in [0.717, 1.165) is 0 Å². The summed E-state index contributed by atoms with van der Waals surface area (Å²) in [4.78, 5) is 16.0. The van der Waals surface area contributed by atoms with Crippen LogP contribution >= 0.6 is 11.6 Å². The maximum absolute atomic E-state index is 11.1. The molecule has 0 rings (SSSR count). The van der Waals surface area contributed by atoms with Crippen LogP contribution in [-0.2, 0) is 9.53 Å². The molecule has 0 radical (unpaired) electrons. The predicted octanol–water partition coefficient (Wildman–Crippen LogP) is 0.830. The van der Waals surface area contributed by atoms with Crippen molar-refractivity contribution >= 4 is 24.3 Å². The van der Waals surface area contributed by atoms with Crippen LogP contribution in [0.25, 0.3) is 0 Å². The van der Waals surface area contributed by atoms with Crippen LogP contribution in [0.1, 0.15) is 0 Å². The van der Waals surface area contributed by atoms with Crippen LogP contribution < -0.4 is 0 Å². The molecule has 0 amide bonds. The van der Waals surface area contributed by atoms with Crippen molar-refractivity contribution in [1.82, 2.24) is 4.90 Å². The number of hydrogen-bond acceptors (Lipinski definition) is 4. The zero-order valence-electron chi connectivity index (χ0n) is 7.30. The minimum atomic E-state index is -0.530. The van der Waals surface area contributed by atoms with Crippen LogP contribution in [0, 0.1) is 0 Å². The van der Waals surface area contributed by atoms with Crippen molar-refractivity contribution < 1.29 is 9.53 Å². The first kappa shape index (κ1) is 11.0. The summed E-state index contributed by atoms with van der Waals surface area (Å²) in [6.07, 6.45) is 0. The minimum Gasteiger partial charge on any atom is -0.464 e. The third kappa shape index (κ3) is 2.54. The van der Waals surface area contributed by atoms with E-state index in [1.165, 1.54) is 12.0 Å². The van der Waals surface area contributed by atoms with E-state index in [-0.39, 0.29) is 10.9 Å². The molecule has 0 heterocycles. The van der Waals surface area contributed by atoms with Gasteiger partial charge in [0.1, 0.15) is 0 Å². The molecular weight excluding hydrogens is 180 g/mol. The van der Waals surface area contributed by atoms with Gasteiger partial charge in [-0.3, -0.25) is 0 Å². The molecule has 0 unspecified atom stereocenters. The molecule has 4 nitrogen and oxygen atoms in total. The number of ether oxygens (including phenoxy) is 1. The molecule has 0 bridgehead atoms. The molecule has 0 aromatic rings. The van der Waals surface area contributed by atoms with Crippen molar-refractivity contribution in [2.24, 2.45) is 4.99 Å². The average Bonchev–Trinajstić information content (AvgIpc) is 2.03. The Kier molecular flexibility index (Phi) is 4.36. The Balaban J connectivity index is 4.90. The average molecular weight is 191 g/mol. The van der Waals surface area contributed by atoms with Crippen LogP contribution in [0.5, 0.6) is 0 Å². The smallest absolute Gasteiger partial charge is 0.357 e. The fraction of sp³-hybridized carbons (Fsp3) is 0.429. The van der Waals surface area contributed by atoms with Gasteiger partial charge in [-0.15, -0.1) is 0 Å². The number of likely N-dealkylation sites (N-methyl/N-ethyl adjacent to an activating group) is 1. The number of aliphatic imine (C=N–C) groups is 1. The second kappa shape index (κ2) is 4.77. The normalized spacial score (nSPS) is 11.7. The quantitative estimate of drug-likeness (QED) is 0.287. The Labute approximate surface area is 76.5 Å². The summed E-state index contributed by atoms with van der Waals surface area (Å²) in [6, 6.07) is 0. The molecule has 0 aliphatic heterocycles. The van der Waals surface area contributed by atoms with Gasteiger partial charge < -0.3 is 9.64 Å². The molecular formula is C7H11ClN2O2. The molecule has 0 fully saturated rings. The molecule has 0 spiro atoms. The van der Waals surface area contributed by atoms with Crippen molar-refractivity contribution in [2.75, 3.05) is 21.2 Å². The topological polar surface area (TPSA) is 41.9 Å². The lowest BCUT2D eigenvalue weighted by Gasteiger charge is -2.14. The maximum Gasteiger partial charge on any atom is 0.357 e. The summed E-state index contributed by atoms with van der Waals surface area (Å²) in [5.74, 6) is -0.530. The molecule has 68 valence electrons. The van der Waals surface area contributed by atoms with Gasteiger partial charge in [-0.25, -0.2) is 9.79 Å². The van der Waals surface area contributed by atoms with Gasteiger partial charge >= 0.3 is 5.97 Å². The number of rotatable bonds is 3. The number of esters is 1. The largest absolute Gasteiger partial charge is 0.464 e. The number of carbonyl (C=O) groups excluding carboxylic acids is 1. The lowest BCUT2D eigenvalue weighted by Crippen LogP contribution is -2.21. The molecule has 0 saturated carbocycles. The van der Waals surface area contributed by atoms with Gasteiger partial charge in [0.05, 0.1) is 7.11 Å². The van der Waals surface area contributed by atoms with Crippen LogP contribution in [0.15, 0.2) is 15.8 Å². The summed E-state index contributed by atoms with van der Waals surface area (Å²) < 4.78 is 4.49. The van der Waals surface area contributed by atoms with E-state index in [2.05, 4.69) is 16.4 Å². The number of nitrogens with zero attached hydrogens (tertiary/aromatic N) is 2. The molecule has 0 atom stereocenters. The summed E-state index contributed by atoms with van der Waals surface area (Å²) in [6.45, 7) is 3.21. The van der Waals surface area contributed by atoms with Gasteiger partial charge in [-0.05, 0) is 6.72 Å². The highest BCUT2D eigenvalue weighted by molar-refractivity contribution is 6.31. The Hall–Kier alpha value is -1.03. The number of methoxy groups -OCH3 is 1. The Bertz CT molecular complexity index is 223. The minimum absolute atomic E-state index is 0.0341. The van der Waals surface area contributed by atoms with E-state index < -0.39 is 5.97 Å². The first-order valence-corrected chi connectivity index (χ1v) is 3.54. The summed E-state index contributed by atoms with van der Waals surface area (Å²) in [5, 5.41) is 0.0341. The molecule has 5 heteroatoms. The van der Waals surface area contributed by atoms with Gasteiger partial charge in [0, 0.05) is 14.1 Å². The van der Waals surface area contributed by atoms with Crippen molar-refractivity contribution in [3.8, 4) is 0 Å². The van der Waals surface area contributed by atoms with Crippen molar-refractivity contribution in [3.05, 3.63) is 10.9 Å². The molecule has 0 aliphatic rings. The van der Waals surface area contributed by atoms with E-state index in [0.29, 0.717) is 0 Å². The third-order valence-electron chi connectivity index (χ3n) is 1.16. The van der Waals surface area contributed by atoms with Crippen LogP contribution in [0.4, 0.5) is 0 Å². The van der Waals surface area contributed by atoms with Gasteiger partial charge in [0.25, 0.3) is 0 Å². The van der Waals surface area contributed by atoms with E-state index in [1.807, 2.05) is 0 Å². The summed E-state index contributed by atoms with van der Waals surface area (Å²) in [5.41, 5.74) is 0.189. The van der Waals surface area contributed by atoms with Crippen LogP contribution in [0.2, 0.25) is 0 Å². The Morgan fingerprint density at radius 2 is 2.08 bits per heavy atom. The van der Waals surface area contributed by atoms with Gasteiger partial charge in [-0.1, -0.05) is 11.6 Å². The van der Waals surface area contributed by atoms with Gasteiger partial charge in [0.2, 0.25) is 0 Å². The number of carbonyl (C=O) groups is 1. The highest BCUT2D eigenvalue weighted by atomic mass is 35.5. The van der Waals surface area contributed by atoms with Crippen molar-refractivity contribution in [2.45, 2.75) is 0 Å². The molecule has 0 aromatic carbocycles. The fourth-order valence-electron chi connectivity index (χ4n) is 0.623. The lowest BCUT2D eigenvalue weighted by molar-refractivity contribution is -0.137. The molecule has 0 saturated heterocycles. The first-order valence-electron chi connectivity index (χ1n) is 3.16. The second-order valence-corrected chi connectivity index (χ2v) is 2.54. The monoisotopic (exact) mass is 190 g/mol. The van der Waals surface area contributed by atoms with Gasteiger partial charge in [-0.2, -0.15) is 0 Å². The van der Waals surface area contributed by atoms with E-state index in [9.17, 15) is 4.79 Å². The zero-order valence-corrected chi connectivity index (χ0v) is 8.05. The molecule has 0 aliphatic carbocycles. The summed E-state index contributed by atoms with van der Waals surface area (Å²) in [7, 11) is 4.61. The van der Waals surface area contributed by atoms with Gasteiger partial charge in [0.15, 0.2) is 10.9 Å².